The Bertz CT molecular complexity index is 1130. The Balaban J connectivity index is 2.06. The Labute approximate surface area is 141 Å². The standard InChI is InChI=1S/C17H14N6O2/c1-25-12-5-3-9-14(18)16(17(19)24)23-22-15(9)13(12)8-2-4-10-11(6-8)21-7-20-10/h2-7H,1H3,(H2,18,22)(H2,19,24)(H,20,21). The van der Waals surface area contributed by atoms with Crippen molar-refractivity contribution in [2.45, 2.75) is 0 Å². The second-order valence-corrected chi connectivity index (χ2v) is 5.50. The summed E-state index contributed by atoms with van der Waals surface area (Å²) in [5.74, 6) is -0.102. The average Bonchev–Trinajstić information content (AvgIpc) is 3.08. The van der Waals surface area contributed by atoms with Crippen molar-refractivity contribution >= 4 is 33.5 Å². The molecular formula is C17H14N6O2. The Hall–Kier alpha value is -3.68. The number of aromatic amines is 1. The second-order valence-electron chi connectivity index (χ2n) is 5.50. The van der Waals surface area contributed by atoms with Gasteiger partial charge in [0.1, 0.15) is 11.3 Å². The number of carbonyl (C=O) groups is 1. The number of amides is 1. The number of benzene rings is 2. The van der Waals surface area contributed by atoms with Crippen LogP contribution in [-0.2, 0) is 0 Å². The second kappa shape index (κ2) is 5.45. The van der Waals surface area contributed by atoms with Crippen molar-refractivity contribution in [3.63, 3.8) is 0 Å². The zero-order valence-electron chi connectivity index (χ0n) is 13.3. The molecule has 4 aromatic rings. The van der Waals surface area contributed by atoms with Crippen molar-refractivity contribution in [1.82, 2.24) is 20.2 Å². The van der Waals surface area contributed by atoms with E-state index in [9.17, 15) is 4.79 Å². The SMILES string of the molecule is COc1ccc2c(N)c(C(N)=O)nnc2c1-c1ccc2nc[nH]c2c1. The number of hydrogen-bond acceptors (Lipinski definition) is 6. The lowest BCUT2D eigenvalue weighted by molar-refractivity contribution is 0.0996. The normalized spacial score (nSPS) is 11.1. The first-order valence-corrected chi connectivity index (χ1v) is 7.46. The van der Waals surface area contributed by atoms with Crippen LogP contribution in [0.5, 0.6) is 5.75 Å². The third-order valence-corrected chi connectivity index (χ3v) is 4.10. The smallest absolute Gasteiger partial charge is 0.271 e. The van der Waals surface area contributed by atoms with Gasteiger partial charge in [-0.05, 0) is 29.8 Å². The van der Waals surface area contributed by atoms with Gasteiger partial charge < -0.3 is 21.2 Å². The number of nitrogens with zero attached hydrogens (tertiary/aromatic N) is 3. The maximum atomic E-state index is 11.5. The Kier molecular flexibility index (Phi) is 3.24. The highest BCUT2D eigenvalue weighted by molar-refractivity contribution is 6.08. The van der Waals surface area contributed by atoms with Crippen molar-refractivity contribution in [2.24, 2.45) is 5.73 Å². The Morgan fingerprint density at radius 3 is 2.80 bits per heavy atom. The fraction of sp³-hybridized carbons (Fsp3) is 0.0588. The predicted molar refractivity (Wildman–Crippen MR) is 94.1 cm³/mol. The molecule has 5 N–H and O–H groups in total. The highest BCUT2D eigenvalue weighted by Crippen LogP contribution is 2.38. The van der Waals surface area contributed by atoms with Gasteiger partial charge in [-0.25, -0.2) is 4.98 Å². The van der Waals surface area contributed by atoms with E-state index in [2.05, 4.69) is 20.2 Å². The summed E-state index contributed by atoms with van der Waals surface area (Å²) in [6.45, 7) is 0. The predicted octanol–water partition coefficient (Wildman–Crippen LogP) is 1.86. The van der Waals surface area contributed by atoms with Crippen LogP contribution in [-0.4, -0.2) is 33.2 Å². The summed E-state index contributed by atoms with van der Waals surface area (Å²) in [5, 5.41) is 8.66. The zero-order valence-corrected chi connectivity index (χ0v) is 13.3. The lowest BCUT2D eigenvalue weighted by Crippen LogP contribution is -2.16. The molecule has 0 spiro atoms. The van der Waals surface area contributed by atoms with E-state index in [1.807, 2.05) is 18.2 Å². The van der Waals surface area contributed by atoms with Gasteiger partial charge in [-0.15, -0.1) is 10.2 Å². The summed E-state index contributed by atoms with van der Waals surface area (Å²) >= 11 is 0. The van der Waals surface area contributed by atoms with Gasteiger partial charge in [0.15, 0.2) is 5.69 Å². The highest BCUT2D eigenvalue weighted by Gasteiger charge is 2.18. The molecular weight excluding hydrogens is 320 g/mol. The fourth-order valence-electron chi connectivity index (χ4n) is 2.90. The molecule has 0 saturated carbocycles. The molecule has 0 aliphatic heterocycles. The molecule has 0 unspecified atom stereocenters. The van der Waals surface area contributed by atoms with Crippen LogP contribution < -0.4 is 16.2 Å². The van der Waals surface area contributed by atoms with Crippen LogP contribution in [0.2, 0.25) is 0 Å². The summed E-state index contributed by atoms with van der Waals surface area (Å²) in [6.07, 6.45) is 1.63. The molecule has 124 valence electrons. The lowest BCUT2D eigenvalue weighted by atomic mass is 9.99. The van der Waals surface area contributed by atoms with Gasteiger partial charge in [-0.2, -0.15) is 0 Å². The third kappa shape index (κ3) is 2.23. The quantitative estimate of drug-likeness (QED) is 0.524. The molecule has 0 aliphatic rings. The Morgan fingerprint density at radius 2 is 2.04 bits per heavy atom. The minimum atomic E-state index is -0.719. The van der Waals surface area contributed by atoms with E-state index in [1.54, 1.807) is 25.6 Å². The zero-order chi connectivity index (χ0) is 17.6. The van der Waals surface area contributed by atoms with Crippen LogP contribution in [0.1, 0.15) is 10.5 Å². The lowest BCUT2D eigenvalue weighted by Gasteiger charge is -2.13. The number of fused-ring (bicyclic) bond motifs is 2. The number of hydrogen-bond donors (Lipinski definition) is 3. The molecule has 0 fully saturated rings. The van der Waals surface area contributed by atoms with Crippen LogP contribution in [0.4, 0.5) is 5.69 Å². The molecule has 25 heavy (non-hydrogen) atoms. The first-order chi connectivity index (χ1) is 12.1. The highest BCUT2D eigenvalue weighted by atomic mass is 16.5. The summed E-state index contributed by atoms with van der Waals surface area (Å²) < 4.78 is 5.49. The van der Waals surface area contributed by atoms with E-state index < -0.39 is 5.91 Å². The number of aromatic nitrogens is 4. The van der Waals surface area contributed by atoms with E-state index in [4.69, 9.17) is 16.2 Å². The molecule has 0 aliphatic carbocycles. The third-order valence-electron chi connectivity index (χ3n) is 4.10. The van der Waals surface area contributed by atoms with E-state index in [0.717, 1.165) is 22.2 Å². The molecule has 2 heterocycles. The van der Waals surface area contributed by atoms with Crippen LogP contribution in [0.3, 0.4) is 0 Å². The van der Waals surface area contributed by atoms with Gasteiger partial charge in [0.25, 0.3) is 5.91 Å². The molecule has 4 rings (SSSR count). The van der Waals surface area contributed by atoms with E-state index in [-0.39, 0.29) is 11.4 Å². The summed E-state index contributed by atoms with van der Waals surface area (Å²) in [7, 11) is 1.58. The molecule has 8 nitrogen and oxygen atoms in total. The van der Waals surface area contributed by atoms with Gasteiger partial charge in [0.05, 0.1) is 35.7 Å². The number of rotatable bonds is 3. The van der Waals surface area contributed by atoms with E-state index in [1.165, 1.54) is 0 Å². The largest absolute Gasteiger partial charge is 0.496 e. The van der Waals surface area contributed by atoms with Crippen LogP contribution >= 0.6 is 0 Å². The topological polar surface area (TPSA) is 133 Å². The molecule has 0 saturated heterocycles. The first kappa shape index (κ1) is 14.9. The molecule has 2 aromatic heterocycles. The van der Waals surface area contributed by atoms with Gasteiger partial charge in [0, 0.05) is 5.39 Å². The number of nitrogens with two attached hydrogens (primary N) is 2. The Morgan fingerprint density at radius 1 is 1.20 bits per heavy atom. The summed E-state index contributed by atoms with van der Waals surface area (Å²) in [5.41, 5.74) is 15.4. The summed E-state index contributed by atoms with van der Waals surface area (Å²) in [6, 6.07) is 9.27. The minimum absolute atomic E-state index is 0.0485. The summed E-state index contributed by atoms with van der Waals surface area (Å²) in [4.78, 5) is 18.8. The maximum Gasteiger partial charge on any atom is 0.271 e. The van der Waals surface area contributed by atoms with E-state index >= 15 is 0 Å². The molecule has 2 aromatic carbocycles. The number of nitrogens with one attached hydrogen (secondary N) is 1. The van der Waals surface area contributed by atoms with Crippen molar-refractivity contribution in [3.8, 4) is 16.9 Å². The number of primary amides is 1. The molecule has 0 atom stereocenters. The van der Waals surface area contributed by atoms with Gasteiger partial charge >= 0.3 is 0 Å². The number of nitrogen functional groups attached to an aromatic ring is 1. The van der Waals surface area contributed by atoms with Gasteiger partial charge in [0.2, 0.25) is 0 Å². The number of carbonyl (C=O) groups excluding carboxylic acids is 1. The number of ether oxygens (including phenoxy) is 1. The molecule has 0 radical (unpaired) electrons. The van der Waals surface area contributed by atoms with Crippen molar-refractivity contribution in [1.29, 1.82) is 0 Å². The van der Waals surface area contributed by atoms with Crippen LogP contribution in [0.15, 0.2) is 36.7 Å². The monoisotopic (exact) mass is 334 g/mol. The number of H-pyrrole nitrogens is 1. The van der Waals surface area contributed by atoms with Gasteiger partial charge in [-0.1, -0.05) is 6.07 Å². The van der Waals surface area contributed by atoms with Crippen molar-refractivity contribution < 1.29 is 9.53 Å². The number of methoxy groups -OCH3 is 1. The number of imidazole rings is 1. The fourth-order valence-corrected chi connectivity index (χ4v) is 2.90. The van der Waals surface area contributed by atoms with Crippen LogP contribution in [0, 0.1) is 0 Å². The van der Waals surface area contributed by atoms with Crippen LogP contribution in [0.25, 0.3) is 33.1 Å². The van der Waals surface area contributed by atoms with Crippen molar-refractivity contribution in [3.05, 3.63) is 42.4 Å². The average molecular weight is 334 g/mol. The minimum Gasteiger partial charge on any atom is -0.496 e. The number of anilines is 1. The van der Waals surface area contributed by atoms with E-state index in [0.29, 0.717) is 16.7 Å². The molecule has 8 heteroatoms. The van der Waals surface area contributed by atoms with Gasteiger partial charge in [-0.3, -0.25) is 4.79 Å². The van der Waals surface area contributed by atoms with Crippen molar-refractivity contribution in [2.75, 3.05) is 12.8 Å². The maximum absolute atomic E-state index is 11.5. The first-order valence-electron chi connectivity index (χ1n) is 7.46. The molecule has 0 bridgehead atoms. The molecule has 1 amide bonds.